The first kappa shape index (κ1) is 16.9. The lowest BCUT2D eigenvalue weighted by molar-refractivity contribution is -0.137. The van der Waals surface area contributed by atoms with Crippen LogP contribution in [-0.4, -0.2) is 63.1 Å². The summed E-state index contributed by atoms with van der Waals surface area (Å²) in [4.78, 5) is 27.2. The van der Waals surface area contributed by atoms with Crippen molar-refractivity contribution in [1.82, 2.24) is 19.9 Å². The summed E-state index contributed by atoms with van der Waals surface area (Å²) in [7, 11) is 0. The van der Waals surface area contributed by atoms with Gasteiger partial charge in [0.1, 0.15) is 6.54 Å². The average molecular weight is 343 g/mol. The van der Waals surface area contributed by atoms with Crippen molar-refractivity contribution < 1.29 is 14.7 Å². The summed E-state index contributed by atoms with van der Waals surface area (Å²) in [5.74, 6) is -1.23. The molecule has 1 aromatic heterocycles. The molecule has 0 unspecified atom stereocenters. The van der Waals surface area contributed by atoms with Gasteiger partial charge in [0.2, 0.25) is 0 Å². The van der Waals surface area contributed by atoms with Gasteiger partial charge >= 0.3 is 5.97 Å². The van der Waals surface area contributed by atoms with Crippen LogP contribution in [0.4, 0.5) is 5.69 Å². The molecular formula is C17H21N5O3. The highest BCUT2D eigenvalue weighted by Gasteiger charge is 2.25. The Balaban J connectivity index is 1.63. The Bertz CT molecular complexity index is 793. The Morgan fingerprint density at radius 3 is 2.56 bits per heavy atom. The lowest BCUT2D eigenvalue weighted by atomic mass is 10.1. The van der Waals surface area contributed by atoms with Crippen LogP contribution in [0.3, 0.4) is 0 Å². The van der Waals surface area contributed by atoms with E-state index in [1.165, 1.54) is 23.0 Å². The lowest BCUT2D eigenvalue weighted by Crippen LogP contribution is -2.49. The molecule has 3 rings (SSSR count). The Morgan fingerprint density at radius 2 is 1.88 bits per heavy atom. The number of carbonyl (C=O) groups excluding carboxylic acids is 1. The lowest BCUT2D eigenvalue weighted by Gasteiger charge is -2.36. The molecule has 0 spiro atoms. The summed E-state index contributed by atoms with van der Waals surface area (Å²) in [6, 6.07) is 6.26. The third kappa shape index (κ3) is 3.62. The highest BCUT2D eigenvalue weighted by atomic mass is 16.4. The number of rotatable bonds is 4. The molecule has 2 aromatic rings. The molecular weight excluding hydrogens is 322 g/mol. The zero-order valence-electron chi connectivity index (χ0n) is 14.3. The number of hydrogen-bond acceptors (Lipinski definition) is 5. The molecule has 132 valence electrons. The molecule has 0 aliphatic carbocycles. The SMILES string of the molecule is Cc1cccc(N2CCN(C(=O)c3cn(CC(=O)O)nn3)CC2)c1C. The van der Waals surface area contributed by atoms with Gasteiger partial charge in [0.25, 0.3) is 5.91 Å². The quantitative estimate of drug-likeness (QED) is 0.888. The number of benzene rings is 1. The zero-order valence-corrected chi connectivity index (χ0v) is 14.3. The minimum absolute atomic E-state index is 0.182. The number of carboxylic acids is 1. The third-order valence-corrected chi connectivity index (χ3v) is 4.54. The van der Waals surface area contributed by atoms with Crippen LogP contribution in [0.25, 0.3) is 0 Å². The monoisotopic (exact) mass is 343 g/mol. The summed E-state index contributed by atoms with van der Waals surface area (Å²) < 4.78 is 1.15. The normalized spacial score (nSPS) is 14.6. The Morgan fingerprint density at radius 1 is 1.16 bits per heavy atom. The number of carboxylic acid groups (broad SMARTS) is 1. The fourth-order valence-corrected chi connectivity index (χ4v) is 3.00. The van der Waals surface area contributed by atoms with Gasteiger partial charge in [-0.25, -0.2) is 4.68 Å². The van der Waals surface area contributed by atoms with Crippen molar-refractivity contribution in [2.45, 2.75) is 20.4 Å². The van der Waals surface area contributed by atoms with Gasteiger partial charge in [-0.15, -0.1) is 5.10 Å². The highest BCUT2D eigenvalue weighted by molar-refractivity contribution is 5.92. The minimum Gasteiger partial charge on any atom is -0.480 e. The van der Waals surface area contributed by atoms with E-state index in [1.807, 2.05) is 0 Å². The van der Waals surface area contributed by atoms with Gasteiger partial charge in [-0.05, 0) is 31.0 Å². The maximum atomic E-state index is 12.5. The molecule has 0 saturated carbocycles. The molecule has 0 bridgehead atoms. The molecule has 1 aromatic carbocycles. The second-order valence-electron chi connectivity index (χ2n) is 6.19. The van der Waals surface area contributed by atoms with Crippen LogP contribution in [0.5, 0.6) is 0 Å². The zero-order chi connectivity index (χ0) is 18.0. The molecule has 1 amide bonds. The number of aromatic nitrogens is 3. The molecule has 2 heterocycles. The third-order valence-electron chi connectivity index (χ3n) is 4.54. The van der Waals surface area contributed by atoms with Gasteiger partial charge in [0.15, 0.2) is 5.69 Å². The van der Waals surface area contributed by atoms with E-state index in [1.54, 1.807) is 4.90 Å². The van der Waals surface area contributed by atoms with Crippen LogP contribution >= 0.6 is 0 Å². The Hall–Kier alpha value is -2.90. The number of aryl methyl sites for hydroxylation is 1. The molecule has 1 fully saturated rings. The second kappa shape index (κ2) is 6.92. The van der Waals surface area contributed by atoms with Crippen molar-refractivity contribution in [3.8, 4) is 0 Å². The summed E-state index contributed by atoms with van der Waals surface area (Å²) in [6.45, 7) is 6.59. The second-order valence-corrected chi connectivity index (χ2v) is 6.19. The summed E-state index contributed by atoms with van der Waals surface area (Å²) in [5, 5.41) is 16.2. The van der Waals surface area contributed by atoms with Crippen molar-refractivity contribution in [2.75, 3.05) is 31.1 Å². The van der Waals surface area contributed by atoms with Gasteiger partial charge in [0, 0.05) is 31.9 Å². The number of aliphatic carboxylic acids is 1. The van der Waals surface area contributed by atoms with Gasteiger partial charge in [-0.1, -0.05) is 17.3 Å². The standard InChI is InChI=1S/C17H21N5O3/c1-12-4-3-5-15(13(12)2)20-6-8-21(9-7-20)17(25)14-10-22(19-18-14)11-16(23)24/h3-5,10H,6-9,11H2,1-2H3,(H,23,24). The Kier molecular flexibility index (Phi) is 4.69. The predicted molar refractivity (Wildman–Crippen MR) is 91.7 cm³/mol. The number of anilines is 1. The van der Waals surface area contributed by atoms with Gasteiger partial charge < -0.3 is 14.9 Å². The van der Waals surface area contributed by atoms with Gasteiger partial charge in [-0.2, -0.15) is 0 Å². The summed E-state index contributed by atoms with van der Waals surface area (Å²) in [6.07, 6.45) is 1.38. The number of amides is 1. The summed E-state index contributed by atoms with van der Waals surface area (Å²) in [5.41, 5.74) is 3.91. The van der Waals surface area contributed by atoms with E-state index in [0.717, 1.165) is 17.8 Å². The molecule has 8 nitrogen and oxygen atoms in total. The summed E-state index contributed by atoms with van der Waals surface area (Å²) >= 11 is 0. The topological polar surface area (TPSA) is 91.6 Å². The van der Waals surface area contributed by atoms with Crippen LogP contribution in [0.2, 0.25) is 0 Å². The maximum Gasteiger partial charge on any atom is 0.325 e. The van der Waals surface area contributed by atoms with Crippen molar-refractivity contribution in [3.05, 3.63) is 41.2 Å². The van der Waals surface area contributed by atoms with E-state index in [2.05, 4.69) is 47.3 Å². The molecule has 1 N–H and O–H groups in total. The van der Waals surface area contributed by atoms with E-state index in [9.17, 15) is 9.59 Å². The fraction of sp³-hybridized carbons (Fsp3) is 0.412. The van der Waals surface area contributed by atoms with Crippen LogP contribution in [0.1, 0.15) is 21.6 Å². The largest absolute Gasteiger partial charge is 0.480 e. The highest BCUT2D eigenvalue weighted by Crippen LogP contribution is 2.24. The maximum absolute atomic E-state index is 12.5. The number of carbonyl (C=O) groups is 2. The average Bonchev–Trinajstić information content (AvgIpc) is 3.04. The molecule has 1 aliphatic heterocycles. The van der Waals surface area contributed by atoms with Crippen LogP contribution in [0, 0.1) is 13.8 Å². The van der Waals surface area contributed by atoms with Crippen molar-refractivity contribution in [3.63, 3.8) is 0 Å². The van der Waals surface area contributed by atoms with Gasteiger partial charge in [-0.3, -0.25) is 9.59 Å². The van der Waals surface area contributed by atoms with E-state index in [-0.39, 0.29) is 18.1 Å². The predicted octanol–water partition coefficient (Wildman–Crippen LogP) is 0.942. The minimum atomic E-state index is -1.02. The van der Waals surface area contributed by atoms with Crippen molar-refractivity contribution in [2.24, 2.45) is 0 Å². The first-order valence-electron chi connectivity index (χ1n) is 8.18. The van der Waals surface area contributed by atoms with E-state index < -0.39 is 5.97 Å². The smallest absolute Gasteiger partial charge is 0.325 e. The van der Waals surface area contributed by atoms with Crippen molar-refractivity contribution >= 4 is 17.6 Å². The number of piperazine rings is 1. The van der Waals surface area contributed by atoms with Crippen molar-refractivity contribution in [1.29, 1.82) is 0 Å². The van der Waals surface area contributed by atoms with Gasteiger partial charge in [0.05, 0.1) is 6.20 Å². The molecule has 1 aliphatic rings. The first-order valence-corrected chi connectivity index (χ1v) is 8.18. The molecule has 25 heavy (non-hydrogen) atoms. The van der Waals surface area contributed by atoms with E-state index in [4.69, 9.17) is 5.11 Å². The molecule has 8 heteroatoms. The van der Waals surface area contributed by atoms with Crippen LogP contribution < -0.4 is 4.90 Å². The Labute approximate surface area is 145 Å². The first-order chi connectivity index (χ1) is 12.0. The van der Waals surface area contributed by atoms with Crippen LogP contribution in [0.15, 0.2) is 24.4 Å². The van der Waals surface area contributed by atoms with E-state index in [0.29, 0.717) is 13.1 Å². The molecule has 0 atom stereocenters. The number of hydrogen-bond donors (Lipinski definition) is 1. The van der Waals surface area contributed by atoms with E-state index >= 15 is 0 Å². The van der Waals surface area contributed by atoms with Crippen LogP contribution in [-0.2, 0) is 11.3 Å². The molecule has 1 saturated heterocycles. The number of nitrogens with zero attached hydrogens (tertiary/aromatic N) is 5. The molecule has 0 radical (unpaired) electrons. The fourth-order valence-electron chi connectivity index (χ4n) is 3.00.